The Bertz CT molecular complexity index is 1640. The predicted molar refractivity (Wildman–Crippen MR) is 170 cm³/mol. The molecule has 0 saturated carbocycles. The van der Waals surface area contributed by atoms with Gasteiger partial charge in [-0.05, 0) is 40.5 Å². The highest BCUT2D eigenvalue weighted by Crippen LogP contribution is 2.38. The van der Waals surface area contributed by atoms with E-state index < -0.39 is 30.3 Å². The van der Waals surface area contributed by atoms with Gasteiger partial charge in [-0.1, -0.05) is 99.1 Å². The number of benzene rings is 3. The van der Waals surface area contributed by atoms with Gasteiger partial charge in [-0.3, -0.25) is 9.29 Å². The van der Waals surface area contributed by atoms with Crippen molar-refractivity contribution in [3.05, 3.63) is 113 Å². The first-order valence-corrected chi connectivity index (χ1v) is 18.1. The van der Waals surface area contributed by atoms with Crippen LogP contribution in [0.5, 0.6) is 0 Å². The van der Waals surface area contributed by atoms with Crippen molar-refractivity contribution < 1.29 is 17.6 Å². The summed E-state index contributed by atoms with van der Waals surface area (Å²) in [5.41, 5.74) is 0.0564. The molecule has 4 aromatic rings. The molecule has 1 saturated heterocycles. The number of hydrogen-bond acceptors (Lipinski definition) is 7. The molecular weight excluding hydrogens is 587 g/mol. The van der Waals surface area contributed by atoms with Gasteiger partial charge in [-0.25, -0.2) is 13.2 Å². The van der Waals surface area contributed by atoms with Gasteiger partial charge < -0.3 is 9.16 Å². The second kappa shape index (κ2) is 12.2. The maximum absolute atomic E-state index is 12.9. The average Bonchev–Trinajstić information content (AvgIpc) is 3.42. The van der Waals surface area contributed by atoms with Crippen molar-refractivity contribution in [3.63, 3.8) is 0 Å². The SMILES string of the molecule is Cc1ccc(S(=O)(=O)Nc2ccn([C@H]3CS[C@@H](CO[Si](c4ccccc4)(c4ccccc4)C(C)(C)C)O3)c(=O)n2)cc1. The average molecular weight is 622 g/mol. The first-order chi connectivity index (χ1) is 20.0. The highest BCUT2D eigenvalue weighted by molar-refractivity contribution is 8.00. The van der Waals surface area contributed by atoms with Crippen molar-refractivity contribution in [1.29, 1.82) is 0 Å². The molecule has 0 aliphatic carbocycles. The van der Waals surface area contributed by atoms with E-state index in [0.717, 1.165) is 5.56 Å². The van der Waals surface area contributed by atoms with Crippen molar-refractivity contribution >= 4 is 46.3 Å². The van der Waals surface area contributed by atoms with Crippen molar-refractivity contribution in [2.45, 2.75) is 49.3 Å². The summed E-state index contributed by atoms with van der Waals surface area (Å²) in [5.74, 6) is 0.485. The fourth-order valence-electron chi connectivity index (χ4n) is 5.23. The summed E-state index contributed by atoms with van der Waals surface area (Å²) in [6.45, 7) is 8.91. The third-order valence-corrected chi connectivity index (χ3v) is 14.8. The van der Waals surface area contributed by atoms with Gasteiger partial charge in [0.15, 0.2) is 0 Å². The van der Waals surface area contributed by atoms with Crippen LogP contribution in [0.15, 0.2) is 107 Å². The number of nitrogens with zero attached hydrogens (tertiary/aromatic N) is 2. The summed E-state index contributed by atoms with van der Waals surface area (Å²) < 4.78 is 42.5. The monoisotopic (exact) mass is 621 g/mol. The summed E-state index contributed by atoms with van der Waals surface area (Å²) in [7, 11) is -6.61. The number of hydrogen-bond donors (Lipinski definition) is 1. The summed E-state index contributed by atoms with van der Waals surface area (Å²) >= 11 is 1.58. The number of aryl methyl sites for hydroxylation is 1. The molecule has 1 aliphatic rings. The van der Waals surface area contributed by atoms with Crippen LogP contribution in [0.1, 0.15) is 32.6 Å². The molecule has 42 heavy (non-hydrogen) atoms. The Balaban J connectivity index is 1.32. The van der Waals surface area contributed by atoms with Crippen LogP contribution in [0.4, 0.5) is 5.82 Å². The Morgan fingerprint density at radius 3 is 2.12 bits per heavy atom. The molecule has 0 bridgehead atoms. The van der Waals surface area contributed by atoms with Gasteiger partial charge in [-0.2, -0.15) is 4.98 Å². The standard InChI is InChI=1S/C31H35N3O5S2Si/c1-23-15-17-24(18-16-23)41(36,37)33-27-19-20-34(30(35)32-27)28-22-40-29(39-28)21-38-42(31(2,3)4,25-11-7-5-8-12-25)26-13-9-6-10-14-26/h5-20,28-29H,21-22H2,1-4H3,(H,32,33,35)/t28-,29+/m1/s1. The van der Waals surface area contributed by atoms with Crippen molar-refractivity contribution in [1.82, 2.24) is 9.55 Å². The van der Waals surface area contributed by atoms with Crippen LogP contribution in [0, 0.1) is 6.92 Å². The molecule has 1 aromatic heterocycles. The van der Waals surface area contributed by atoms with Gasteiger partial charge in [0.05, 0.1) is 11.5 Å². The lowest BCUT2D eigenvalue weighted by molar-refractivity contribution is -0.00349. The van der Waals surface area contributed by atoms with Crippen LogP contribution in [0.3, 0.4) is 0 Å². The number of sulfonamides is 1. The van der Waals surface area contributed by atoms with E-state index in [9.17, 15) is 13.2 Å². The van der Waals surface area contributed by atoms with E-state index in [2.05, 4.69) is 79.0 Å². The molecule has 2 heterocycles. The first-order valence-electron chi connectivity index (χ1n) is 13.7. The topological polar surface area (TPSA) is 99.5 Å². The smallest absolute Gasteiger partial charge is 0.351 e. The predicted octanol–water partition coefficient (Wildman–Crippen LogP) is 4.52. The van der Waals surface area contributed by atoms with Crippen LogP contribution in [-0.2, 0) is 19.2 Å². The second-order valence-electron chi connectivity index (χ2n) is 11.2. The number of aromatic nitrogens is 2. The quantitative estimate of drug-likeness (QED) is 0.275. The minimum absolute atomic E-state index is 0.0472. The Morgan fingerprint density at radius 2 is 1.57 bits per heavy atom. The summed E-state index contributed by atoms with van der Waals surface area (Å²) in [5, 5.41) is 2.21. The third-order valence-electron chi connectivity index (χ3n) is 7.30. The molecule has 0 amide bonds. The second-order valence-corrected chi connectivity index (χ2v) is 18.4. The highest BCUT2D eigenvalue weighted by atomic mass is 32.2. The number of ether oxygens (including phenoxy) is 1. The Morgan fingerprint density at radius 1 is 0.976 bits per heavy atom. The normalized spacial score (nSPS) is 17.7. The molecule has 0 unspecified atom stereocenters. The van der Waals surface area contributed by atoms with Gasteiger partial charge in [0.25, 0.3) is 18.3 Å². The van der Waals surface area contributed by atoms with Crippen molar-refractivity contribution in [2.24, 2.45) is 0 Å². The molecule has 2 atom stereocenters. The molecule has 11 heteroatoms. The number of anilines is 1. The first kappa shape index (κ1) is 30.2. The molecule has 1 fully saturated rings. The zero-order valence-electron chi connectivity index (χ0n) is 24.1. The molecule has 1 aliphatic heterocycles. The maximum atomic E-state index is 12.9. The zero-order chi connectivity index (χ0) is 30.0. The van der Waals surface area contributed by atoms with E-state index in [4.69, 9.17) is 9.16 Å². The summed E-state index contributed by atoms with van der Waals surface area (Å²) in [4.78, 5) is 17.0. The number of nitrogens with one attached hydrogen (secondary N) is 1. The van der Waals surface area contributed by atoms with Crippen LogP contribution in [0.25, 0.3) is 0 Å². The number of rotatable bonds is 9. The Kier molecular flexibility index (Phi) is 8.77. The van der Waals surface area contributed by atoms with Crippen LogP contribution >= 0.6 is 11.8 Å². The van der Waals surface area contributed by atoms with E-state index in [1.807, 2.05) is 19.1 Å². The summed E-state index contributed by atoms with van der Waals surface area (Å²) in [6.07, 6.45) is 0.962. The van der Waals surface area contributed by atoms with Crippen molar-refractivity contribution in [3.8, 4) is 0 Å². The van der Waals surface area contributed by atoms with E-state index in [0.29, 0.717) is 12.4 Å². The van der Waals surface area contributed by atoms with Gasteiger partial charge in [-0.15, -0.1) is 11.8 Å². The van der Waals surface area contributed by atoms with Gasteiger partial charge in [0.2, 0.25) is 0 Å². The van der Waals surface area contributed by atoms with E-state index in [1.54, 1.807) is 23.9 Å². The Hall–Kier alpha value is -3.22. The van der Waals surface area contributed by atoms with E-state index in [-0.39, 0.29) is 21.2 Å². The molecule has 8 nitrogen and oxygen atoms in total. The molecule has 220 valence electrons. The summed E-state index contributed by atoms with van der Waals surface area (Å²) in [6, 6.07) is 28.7. The Labute approximate surface area is 252 Å². The van der Waals surface area contributed by atoms with Gasteiger partial charge in [0.1, 0.15) is 17.5 Å². The molecular formula is C31H35N3O5S2Si. The highest BCUT2D eigenvalue weighted by Gasteiger charge is 2.50. The largest absolute Gasteiger partial charge is 0.404 e. The third kappa shape index (κ3) is 6.25. The lowest BCUT2D eigenvalue weighted by Crippen LogP contribution is -2.67. The molecule has 0 spiro atoms. The minimum atomic E-state index is -3.88. The molecule has 5 rings (SSSR count). The fraction of sp³-hybridized carbons (Fsp3) is 0.290. The van der Waals surface area contributed by atoms with E-state index in [1.165, 1.54) is 39.3 Å². The molecule has 3 aromatic carbocycles. The number of thioether (sulfide) groups is 1. The van der Waals surface area contributed by atoms with E-state index >= 15 is 0 Å². The van der Waals surface area contributed by atoms with Gasteiger partial charge in [0, 0.05) is 11.9 Å². The fourth-order valence-corrected chi connectivity index (χ4v) is 11.9. The minimum Gasteiger partial charge on any atom is -0.404 e. The molecule has 1 N–H and O–H groups in total. The van der Waals surface area contributed by atoms with Crippen LogP contribution in [-0.4, -0.2) is 44.1 Å². The lowest BCUT2D eigenvalue weighted by Gasteiger charge is -2.43. The zero-order valence-corrected chi connectivity index (χ0v) is 26.7. The maximum Gasteiger partial charge on any atom is 0.351 e. The molecule has 0 radical (unpaired) electrons. The van der Waals surface area contributed by atoms with Crippen LogP contribution < -0.4 is 20.8 Å². The van der Waals surface area contributed by atoms with Crippen LogP contribution in [0.2, 0.25) is 5.04 Å². The van der Waals surface area contributed by atoms with Gasteiger partial charge >= 0.3 is 5.69 Å². The lowest BCUT2D eigenvalue weighted by atomic mass is 10.2. The van der Waals surface area contributed by atoms with Crippen molar-refractivity contribution in [2.75, 3.05) is 17.1 Å².